The van der Waals surface area contributed by atoms with Gasteiger partial charge >= 0.3 is 0 Å². The van der Waals surface area contributed by atoms with Crippen molar-refractivity contribution in [2.24, 2.45) is 0 Å². The highest BCUT2D eigenvalue weighted by Crippen LogP contribution is 2.40. The van der Waals surface area contributed by atoms with Gasteiger partial charge in [-0.15, -0.1) is 0 Å². The van der Waals surface area contributed by atoms with E-state index in [1.165, 1.54) is 36.4 Å². The Morgan fingerprint density at radius 1 is 0.864 bits per heavy atom. The predicted octanol–water partition coefficient (Wildman–Crippen LogP) is 3.10. The summed E-state index contributed by atoms with van der Waals surface area (Å²) in [6, 6.07) is 8.74. The number of benzene rings is 2. The fourth-order valence-electron chi connectivity index (χ4n) is 1.99. The van der Waals surface area contributed by atoms with E-state index in [4.69, 9.17) is 10.7 Å². The molecule has 0 atom stereocenters. The molecule has 22 heavy (non-hydrogen) atoms. The number of para-hydroxylation sites is 2. The lowest BCUT2D eigenvalue weighted by atomic mass is 10.0. The zero-order chi connectivity index (χ0) is 16.5. The van der Waals surface area contributed by atoms with Gasteiger partial charge < -0.3 is 0 Å². The summed E-state index contributed by atoms with van der Waals surface area (Å²) < 4.78 is 23.0. The summed E-state index contributed by atoms with van der Waals surface area (Å²) in [4.78, 5) is 20.0. The summed E-state index contributed by atoms with van der Waals surface area (Å²) in [7, 11) is 0.822. The maximum absolute atomic E-state index is 11.5. The van der Waals surface area contributed by atoms with Crippen LogP contribution in [0.15, 0.2) is 47.4 Å². The first-order valence-corrected chi connectivity index (χ1v) is 8.00. The smallest absolute Gasteiger partial charge is 0.258 e. The molecule has 0 saturated carbocycles. The molecule has 2 rings (SSSR count). The van der Waals surface area contributed by atoms with Crippen LogP contribution in [0.4, 0.5) is 11.4 Å². The quantitative estimate of drug-likeness (QED) is 0.478. The normalized spacial score (nSPS) is 11.1. The third-order valence-electron chi connectivity index (χ3n) is 2.84. The first-order chi connectivity index (χ1) is 10.2. The zero-order valence-corrected chi connectivity index (χ0v) is 12.2. The summed E-state index contributed by atoms with van der Waals surface area (Å²) in [6.45, 7) is 0. The molecule has 0 spiro atoms. The Kier molecular flexibility index (Phi) is 4.11. The average Bonchev–Trinajstić information content (AvgIpc) is 2.45. The van der Waals surface area contributed by atoms with Crippen molar-refractivity contribution < 1.29 is 18.3 Å². The van der Waals surface area contributed by atoms with Gasteiger partial charge in [0.15, 0.2) is 4.90 Å². The molecular formula is C12H7ClN2O6S. The number of rotatable bonds is 4. The summed E-state index contributed by atoms with van der Waals surface area (Å²) in [6.07, 6.45) is 0. The maximum atomic E-state index is 11.5. The largest absolute Gasteiger partial charge is 0.297 e. The van der Waals surface area contributed by atoms with Crippen LogP contribution in [0.2, 0.25) is 0 Å². The number of hydrogen-bond donors (Lipinski definition) is 0. The summed E-state index contributed by atoms with van der Waals surface area (Å²) in [5.74, 6) is 0. The van der Waals surface area contributed by atoms with Gasteiger partial charge in [-0.25, -0.2) is 8.42 Å². The van der Waals surface area contributed by atoms with Gasteiger partial charge in [0.1, 0.15) is 0 Å². The van der Waals surface area contributed by atoms with E-state index in [0.29, 0.717) is 0 Å². The lowest BCUT2D eigenvalue weighted by molar-refractivity contribution is -0.388. The molecule has 114 valence electrons. The van der Waals surface area contributed by atoms with E-state index >= 15 is 0 Å². The highest BCUT2D eigenvalue weighted by atomic mass is 35.7. The van der Waals surface area contributed by atoms with Crippen LogP contribution in [0.25, 0.3) is 11.1 Å². The number of nitro groups is 2. The molecular weight excluding hydrogens is 336 g/mol. The Balaban J connectivity index is 2.89. The summed E-state index contributed by atoms with van der Waals surface area (Å²) in [5.41, 5.74) is -1.44. The van der Waals surface area contributed by atoms with E-state index < -0.39 is 29.5 Å². The van der Waals surface area contributed by atoms with Crippen LogP contribution in [0, 0.1) is 20.2 Å². The number of halogens is 1. The van der Waals surface area contributed by atoms with E-state index in [1.807, 2.05) is 0 Å². The molecule has 0 aromatic heterocycles. The highest BCUT2D eigenvalue weighted by Gasteiger charge is 2.30. The fourth-order valence-corrected chi connectivity index (χ4v) is 3.02. The first kappa shape index (κ1) is 15.9. The second-order valence-electron chi connectivity index (χ2n) is 4.12. The number of hydrogen-bond acceptors (Lipinski definition) is 6. The molecule has 2 aromatic rings. The van der Waals surface area contributed by atoms with Gasteiger partial charge in [-0.2, -0.15) is 0 Å². The highest BCUT2D eigenvalue weighted by molar-refractivity contribution is 8.13. The fraction of sp³-hybridized carbons (Fsp3) is 0. The van der Waals surface area contributed by atoms with Crippen molar-refractivity contribution in [3.63, 3.8) is 0 Å². The van der Waals surface area contributed by atoms with Crippen molar-refractivity contribution in [3.05, 3.63) is 62.7 Å². The van der Waals surface area contributed by atoms with Gasteiger partial charge in [0, 0.05) is 16.7 Å². The van der Waals surface area contributed by atoms with Gasteiger partial charge in [0.2, 0.25) is 0 Å². The van der Waals surface area contributed by atoms with Crippen molar-refractivity contribution in [1.29, 1.82) is 0 Å². The molecule has 2 aromatic carbocycles. The molecule has 0 amide bonds. The third kappa shape index (κ3) is 2.90. The van der Waals surface area contributed by atoms with Gasteiger partial charge in [-0.1, -0.05) is 18.2 Å². The lowest BCUT2D eigenvalue weighted by Crippen LogP contribution is -2.02. The second-order valence-corrected chi connectivity index (χ2v) is 6.66. The van der Waals surface area contributed by atoms with E-state index in [1.54, 1.807) is 0 Å². The van der Waals surface area contributed by atoms with E-state index in [9.17, 15) is 28.6 Å². The van der Waals surface area contributed by atoms with Crippen molar-refractivity contribution >= 4 is 31.1 Å². The zero-order valence-electron chi connectivity index (χ0n) is 10.7. The number of nitro benzene ring substituents is 2. The predicted molar refractivity (Wildman–Crippen MR) is 78.2 cm³/mol. The Morgan fingerprint density at radius 2 is 1.45 bits per heavy atom. The molecule has 0 aliphatic carbocycles. The van der Waals surface area contributed by atoms with E-state index in [2.05, 4.69) is 0 Å². The van der Waals surface area contributed by atoms with Crippen LogP contribution < -0.4 is 0 Å². The minimum Gasteiger partial charge on any atom is -0.258 e. The van der Waals surface area contributed by atoms with Gasteiger partial charge in [-0.05, 0) is 18.2 Å². The standard InChI is InChI=1S/C12H7ClN2O6S/c13-22(20,21)11-7-3-5-9(12(11)15(18)19)8-4-1-2-6-10(8)14(16)17/h1-7H. The minimum absolute atomic E-state index is 0.0682. The lowest BCUT2D eigenvalue weighted by Gasteiger charge is -2.06. The van der Waals surface area contributed by atoms with E-state index in [-0.39, 0.29) is 16.8 Å². The van der Waals surface area contributed by atoms with Crippen molar-refractivity contribution in [2.45, 2.75) is 4.90 Å². The van der Waals surface area contributed by atoms with Crippen LogP contribution in [-0.2, 0) is 9.05 Å². The monoisotopic (exact) mass is 342 g/mol. The molecule has 0 unspecified atom stereocenters. The summed E-state index contributed by atoms with van der Waals surface area (Å²) >= 11 is 0. The Labute approximate surface area is 128 Å². The van der Waals surface area contributed by atoms with Crippen molar-refractivity contribution in [1.82, 2.24) is 0 Å². The second kappa shape index (κ2) is 5.70. The maximum Gasteiger partial charge on any atom is 0.297 e. The molecule has 0 N–H and O–H groups in total. The van der Waals surface area contributed by atoms with Crippen LogP contribution >= 0.6 is 10.7 Å². The van der Waals surface area contributed by atoms with Crippen LogP contribution in [0.1, 0.15) is 0 Å². The molecule has 0 heterocycles. The minimum atomic E-state index is -4.38. The summed E-state index contributed by atoms with van der Waals surface area (Å²) in [5, 5.41) is 22.3. The number of nitrogens with zero attached hydrogens (tertiary/aromatic N) is 2. The van der Waals surface area contributed by atoms with Crippen LogP contribution in [0.5, 0.6) is 0 Å². The van der Waals surface area contributed by atoms with Crippen LogP contribution in [-0.4, -0.2) is 18.3 Å². The molecule has 8 nitrogen and oxygen atoms in total. The first-order valence-electron chi connectivity index (χ1n) is 5.69. The van der Waals surface area contributed by atoms with Gasteiger partial charge in [0.25, 0.3) is 20.4 Å². The van der Waals surface area contributed by atoms with Crippen molar-refractivity contribution in [3.8, 4) is 11.1 Å². The van der Waals surface area contributed by atoms with Crippen LogP contribution in [0.3, 0.4) is 0 Å². The average molecular weight is 343 g/mol. The molecule has 0 bridgehead atoms. The van der Waals surface area contributed by atoms with Gasteiger partial charge in [-0.3, -0.25) is 20.2 Å². The molecule has 0 saturated heterocycles. The molecule has 0 aliphatic rings. The third-order valence-corrected chi connectivity index (χ3v) is 4.19. The SMILES string of the molecule is O=[N+]([O-])c1ccccc1-c1cccc(S(=O)(=O)Cl)c1[N+](=O)[O-]. The Morgan fingerprint density at radius 3 is 2.00 bits per heavy atom. The molecule has 0 fully saturated rings. The van der Waals surface area contributed by atoms with E-state index in [0.717, 1.165) is 6.07 Å². The molecule has 10 heteroatoms. The molecule has 0 radical (unpaired) electrons. The van der Waals surface area contributed by atoms with Crippen molar-refractivity contribution in [2.75, 3.05) is 0 Å². The van der Waals surface area contributed by atoms with Gasteiger partial charge in [0.05, 0.1) is 21.0 Å². The Bertz CT molecular complexity index is 881. The Hall–Kier alpha value is -2.52. The molecule has 0 aliphatic heterocycles. The topological polar surface area (TPSA) is 120 Å².